The van der Waals surface area contributed by atoms with Crippen LogP contribution < -0.4 is 5.43 Å². The first-order valence-corrected chi connectivity index (χ1v) is 7.16. The van der Waals surface area contributed by atoms with Crippen molar-refractivity contribution in [2.45, 2.75) is 12.6 Å². The Labute approximate surface area is 132 Å². The zero-order chi connectivity index (χ0) is 16.9. The summed E-state index contributed by atoms with van der Waals surface area (Å²) in [4.78, 5) is 27.1. The van der Waals surface area contributed by atoms with E-state index in [0.717, 1.165) is 11.3 Å². The lowest BCUT2D eigenvalue weighted by molar-refractivity contribution is -0.169. The number of halogens is 3. The van der Waals surface area contributed by atoms with Crippen molar-refractivity contribution in [3.63, 3.8) is 0 Å². The summed E-state index contributed by atoms with van der Waals surface area (Å²) in [6.07, 6.45) is -3.11. The number of thiophene rings is 1. The Balaban J connectivity index is 2.17. The molecule has 0 aliphatic carbocycles. The number of amides is 1. The van der Waals surface area contributed by atoms with Gasteiger partial charge in [-0.2, -0.15) is 18.3 Å². The number of hydrazone groups is 1. The maximum atomic E-state index is 12.4. The monoisotopic (exact) mass is 341 g/mol. The fourth-order valence-corrected chi connectivity index (χ4v) is 2.28. The number of nitrogens with zero attached hydrogens (tertiary/aromatic N) is 2. The van der Waals surface area contributed by atoms with Gasteiger partial charge in [0.15, 0.2) is 0 Å². The van der Waals surface area contributed by atoms with Gasteiger partial charge in [0.05, 0.1) is 17.0 Å². The number of ketones is 1. The molecule has 1 N–H and O–H groups in total. The molecule has 23 heavy (non-hydrogen) atoms. The molecule has 2 rings (SSSR count). The SMILES string of the molecule is O=C(NN=C(CC(=O)C(F)(F)F)c1cccs1)c1ccncc1. The topological polar surface area (TPSA) is 71.4 Å². The second-order valence-electron chi connectivity index (χ2n) is 4.31. The summed E-state index contributed by atoms with van der Waals surface area (Å²) in [6, 6.07) is 5.98. The van der Waals surface area contributed by atoms with Crippen LogP contribution in [0.25, 0.3) is 0 Å². The third-order valence-electron chi connectivity index (χ3n) is 2.68. The van der Waals surface area contributed by atoms with Crippen LogP contribution in [0.4, 0.5) is 13.2 Å². The molecule has 0 saturated heterocycles. The maximum Gasteiger partial charge on any atom is 0.450 e. The van der Waals surface area contributed by atoms with Crippen molar-refractivity contribution in [3.05, 3.63) is 52.5 Å². The Hall–Kier alpha value is -2.55. The molecule has 9 heteroatoms. The van der Waals surface area contributed by atoms with Crippen molar-refractivity contribution in [1.82, 2.24) is 10.4 Å². The third kappa shape index (κ3) is 4.71. The lowest BCUT2D eigenvalue weighted by Gasteiger charge is -2.07. The smallest absolute Gasteiger partial charge is 0.289 e. The first-order valence-electron chi connectivity index (χ1n) is 6.29. The van der Waals surface area contributed by atoms with Gasteiger partial charge < -0.3 is 0 Å². The van der Waals surface area contributed by atoms with Gasteiger partial charge in [0.1, 0.15) is 0 Å². The van der Waals surface area contributed by atoms with E-state index >= 15 is 0 Å². The van der Waals surface area contributed by atoms with Crippen LogP contribution >= 0.6 is 11.3 Å². The molecule has 0 aliphatic heterocycles. The van der Waals surface area contributed by atoms with Gasteiger partial charge in [0.25, 0.3) is 5.91 Å². The highest BCUT2D eigenvalue weighted by atomic mass is 32.1. The van der Waals surface area contributed by atoms with Crippen LogP contribution in [0.3, 0.4) is 0 Å². The average molecular weight is 341 g/mol. The molecule has 0 atom stereocenters. The quantitative estimate of drug-likeness (QED) is 0.671. The summed E-state index contributed by atoms with van der Waals surface area (Å²) in [6.45, 7) is 0. The summed E-state index contributed by atoms with van der Waals surface area (Å²) in [7, 11) is 0. The van der Waals surface area contributed by atoms with Crippen LogP contribution in [-0.4, -0.2) is 28.6 Å². The summed E-state index contributed by atoms with van der Waals surface area (Å²) in [5, 5.41) is 5.31. The minimum absolute atomic E-state index is 0.148. The van der Waals surface area contributed by atoms with Gasteiger partial charge in [-0.3, -0.25) is 14.6 Å². The number of carbonyl (C=O) groups is 2. The van der Waals surface area contributed by atoms with E-state index in [-0.39, 0.29) is 11.3 Å². The number of hydrogen-bond acceptors (Lipinski definition) is 5. The van der Waals surface area contributed by atoms with Crippen LogP contribution in [-0.2, 0) is 4.79 Å². The highest BCUT2D eigenvalue weighted by Crippen LogP contribution is 2.21. The predicted octanol–water partition coefficient (Wildman–Crippen LogP) is 2.80. The minimum Gasteiger partial charge on any atom is -0.289 e. The Kier molecular flexibility index (Phi) is 5.22. The van der Waals surface area contributed by atoms with E-state index in [1.54, 1.807) is 11.4 Å². The van der Waals surface area contributed by atoms with Crippen LogP contribution in [0, 0.1) is 0 Å². The minimum atomic E-state index is -4.95. The number of pyridine rings is 1. The van der Waals surface area contributed by atoms with Gasteiger partial charge in [-0.1, -0.05) is 6.07 Å². The Morgan fingerprint density at radius 1 is 1.22 bits per heavy atom. The average Bonchev–Trinajstić information content (AvgIpc) is 3.05. The fraction of sp³-hybridized carbons (Fsp3) is 0.143. The molecule has 0 spiro atoms. The van der Waals surface area contributed by atoms with E-state index in [0.29, 0.717) is 4.88 Å². The third-order valence-corrected chi connectivity index (χ3v) is 3.60. The van der Waals surface area contributed by atoms with Crippen molar-refractivity contribution < 1.29 is 22.8 Å². The van der Waals surface area contributed by atoms with Crippen molar-refractivity contribution in [2.24, 2.45) is 5.10 Å². The molecule has 1 amide bonds. The van der Waals surface area contributed by atoms with E-state index < -0.39 is 24.3 Å². The van der Waals surface area contributed by atoms with Crippen molar-refractivity contribution in [3.8, 4) is 0 Å². The summed E-state index contributed by atoms with van der Waals surface area (Å²) < 4.78 is 37.3. The molecule has 0 saturated carbocycles. The van der Waals surface area contributed by atoms with E-state index in [2.05, 4.69) is 15.5 Å². The molecule has 0 unspecified atom stereocenters. The highest BCUT2D eigenvalue weighted by molar-refractivity contribution is 7.12. The first-order chi connectivity index (χ1) is 10.9. The lowest BCUT2D eigenvalue weighted by Crippen LogP contribution is -2.27. The van der Waals surface area contributed by atoms with Gasteiger partial charge in [0, 0.05) is 18.0 Å². The number of carbonyl (C=O) groups excluding carboxylic acids is 2. The fourth-order valence-electron chi connectivity index (χ4n) is 1.56. The molecule has 0 radical (unpaired) electrons. The normalized spacial score (nSPS) is 12.0. The van der Waals surface area contributed by atoms with Crippen LogP contribution in [0.1, 0.15) is 21.7 Å². The standard InChI is InChI=1S/C14H10F3N3O2S/c15-14(16,17)12(21)8-10(11-2-1-7-23-11)19-20-13(22)9-3-5-18-6-4-9/h1-7H,8H2,(H,20,22). The molecule has 2 aromatic rings. The maximum absolute atomic E-state index is 12.4. The summed E-state index contributed by atoms with van der Waals surface area (Å²) >= 11 is 1.12. The van der Waals surface area contributed by atoms with Crippen LogP contribution in [0.5, 0.6) is 0 Å². The first kappa shape index (κ1) is 16.8. The van der Waals surface area contributed by atoms with Gasteiger partial charge in [-0.05, 0) is 23.6 Å². The van der Waals surface area contributed by atoms with Crippen molar-refractivity contribution in [2.75, 3.05) is 0 Å². The number of nitrogens with one attached hydrogen (secondary N) is 1. The van der Waals surface area contributed by atoms with Gasteiger partial charge in [-0.15, -0.1) is 11.3 Å². The van der Waals surface area contributed by atoms with E-state index in [4.69, 9.17) is 0 Å². The molecule has 5 nitrogen and oxygen atoms in total. The van der Waals surface area contributed by atoms with E-state index in [1.165, 1.54) is 30.6 Å². The Bertz CT molecular complexity index is 713. The van der Waals surface area contributed by atoms with Crippen LogP contribution in [0.15, 0.2) is 47.1 Å². The number of hydrogen-bond donors (Lipinski definition) is 1. The van der Waals surface area contributed by atoms with E-state index in [1.807, 2.05) is 0 Å². The van der Waals surface area contributed by atoms with Crippen LogP contribution in [0.2, 0.25) is 0 Å². The second-order valence-corrected chi connectivity index (χ2v) is 5.26. The van der Waals surface area contributed by atoms with Crippen molar-refractivity contribution >= 4 is 28.7 Å². The van der Waals surface area contributed by atoms with Gasteiger partial charge >= 0.3 is 6.18 Å². The van der Waals surface area contributed by atoms with E-state index in [9.17, 15) is 22.8 Å². The Morgan fingerprint density at radius 2 is 1.91 bits per heavy atom. The van der Waals surface area contributed by atoms with Gasteiger partial charge in [0.2, 0.25) is 5.78 Å². The molecule has 0 fully saturated rings. The number of aromatic nitrogens is 1. The number of Topliss-reactive ketones (excluding diaryl/α,β-unsaturated/α-hetero) is 1. The number of rotatable bonds is 5. The molecule has 0 bridgehead atoms. The molecular weight excluding hydrogens is 331 g/mol. The lowest BCUT2D eigenvalue weighted by atomic mass is 10.1. The molecule has 0 aliphatic rings. The zero-order valence-corrected chi connectivity index (χ0v) is 12.3. The molecule has 0 aromatic carbocycles. The molecular formula is C14H10F3N3O2S. The zero-order valence-electron chi connectivity index (χ0n) is 11.5. The van der Waals surface area contributed by atoms with Gasteiger partial charge in [-0.25, -0.2) is 5.43 Å². The predicted molar refractivity (Wildman–Crippen MR) is 78.2 cm³/mol. The number of alkyl halides is 3. The summed E-state index contributed by atoms with van der Waals surface area (Å²) in [5.74, 6) is -2.54. The molecule has 2 aromatic heterocycles. The summed E-state index contributed by atoms with van der Waals surface area (Å²) in [5.41, 5.74) is 2.25. The highest BCUT2D eigenvalue weighted by Gasteiger charge is 2.38. The largest absolute Gasteiger partial charge is 0.450 e. The second kappa shape index (κ2) is 7.14. The van der Waals surface area contributed by atoms with Crippen molar-refractivity contribution in [1.29, 1.82) is 0 Å². The molecule has 2 heterocycles. The Morgan fingerprint density at radius 3 is 2.48 bits per heavy atom. The molecule has 120 valence electrons.